The van der Waals surface area contributed by atoms with E-state index in [4.69, 9.17) is 16.3 Å². The topological polar surface area (TPSA) is 63.6 Å². The van der Waals surface area contributed by atoms with Gasteiger partial charge in [0.05, 0.1) is 17.7 Å². The average Bonchev–Trinajstić information content (AvgIpc) is 2.30. The summed E-state index contributed by atoms with van der Waals surface area (Å²) >= 11 is 6.15. The third-order valence-corrected chi connectivity index (χ3v) is 3.38. The quantitative estimate of drug-likeness (QED) is 0.862. The van der Waals surface area contributed by atoms with Gasteiger partial charge >= 0.3 is 11.9 Å². The third-order valence-electron chi connectivity index (χ3n) is 2.98. The van der Waals surface area contributed by atoms with Crippen molar-refractivity contribution < 1.29 is 19.4 Å². The molecule has 0 spiro atoms. The van der Waals surface area contributed by atoms with Crippen LogP contribution in [0.3, 0.4) is 0 Å². The molecule has 1 N–H and O–H groups in total. The molecule has 110 valence electrons. The minimum Gasteiger partial charge on any atom is -0.478 e. The summed E-state index contributed by atoms with van der Waals surface area (Å²) in [5, 5.41) is 9.86. The highest BCUT2D eigenvalue weighted by atomic mass is 35.5. The first kappa shape index (κ1) is 16.5. The van der Waals surface area contributed by atoms with Crippen LogP contribution in [0.4, 0.5) is 0 Å². The molecule has 0 saturated carbocycles. The smallest absolute Gasteiger partial charge is 0.339 e. The Hall–Kier alpha value is -1.55. The highest BCUT2D eigenvalue weighted by Gasteiger charge is 2.30. The molecule has 0 radical (unpaired) electrons. The van der Waals surface area contributed by atoms with E-state index in [-0.39, 0.29) is 17.7 Å². The van der Waals surface area contributed by atoms with Crippen molar-refractivity contribution in [2.45, 2.75) is 40.0 Å². The lowest BCUT2D eigenvalue weighted by Crippen LogP contribution is -2.23. The summed E-state index contributed by atoms with van der Waals surface area (Å²) in [4.78, 5) is 23.6. The molecule has 0 amide bonds. The lowest BCUT2D eigenvalue weighted by atomic mass is 9.79. The molecular weight excluding hydrogens is 280 g/mol. The molecule has 0 aliphatic heterocycles. The molecule has 4 nitrogen and oxygen atoms in total. The largest absolute Gasteiger partial charge is 0.478 e. The highest BCUT2D eigenvalue weighted by molar-refractivity contribution is 6.32. The maximum absolute atomic E-state index is 12.0. The lowest BCUT2D eigenvalue weighted by molar-refractivity contribution is 0.0514. The average molecular weight is 299 g/mol. The van der Waals surface area contributed by atoms with Gasteiger partial charge in [0.2, 0.25) is 0 Å². The Morgan fingerprint density at radius 3 is 2.30 bits per heavy atom. The Labute approximate surface area is 123 Å². The van der Waals surface area contributed by atoms with Crippen LogP contribution in [0.5, 0.6) is 0 Å². The maximum atomic E-state index is 12.0. The van der Waals surface area contributed by atoms with Crippen molar-refractivity contribution in [1.29, 1.82) is 0 Å². The van der Waals surface area contributed by atoms with Gasteiger partial charge in [0.15, 0.2) is 0 Å². The fourth-order valence-electron chi connectivity index (χ4n) is 2.28. The van der Waals surface area contributed by atoms with Crippen molar-refractivity contribution in [3.8, 4) is 0 Å². The van der Waals surface area contributed by atoms with E-state index in [0.29, 0.717) is 16.1 Å². The summed E-state index contributed by atoms with van der Waals surface area (Å²) in [6, 6.07) is 1.37. The van der Waals surface area contributed by atoms with Crippen LogP contribution in [0.1, 0.15) is 59.5 Å². The predicted octanol–water partition coefficient (Wildman–Crippen LogP) is 3.82. The second-order valence-electron chi connectivity index (χ2n) is 5.56. The second kappa shape index (κ2) is 5.83. The van der Waals surface area contributed by atoms with Crippen molar-refractivity contribution in [2.24, 2.45) is 0 Å². The van der Waals surface area contributed by atoms with Gasteiger partial charge in [0, 0.05) is 5.02 Å². The van der Waals surface area contributed by atoms with Gasteiger partial charge in [0.1, 0.15) is 0 Å². The maximum Gasteiger partial charge on any atom is 0.339 e. The molecule has 0 atom stereocenters. The van der Waals surface area contributed by atoms with Crippen LogP contribution in [0.25, 0.3) is 0 Å². The summed E-state index contributed by atoms with van der Waals surface area (Å²) in [5.41, 5.74) is 0.743. The predicted molar refractivity (Wildman–Crippen MR) is 77.8 cm³/mol. The van der Waals surface area contributed by atoms with Crippen LogP contribution in [0.2, 0.25) is 5.02 Å². The second-order valence-corrected chi connectivity index (χ2v) is 5.96. The Morgan fingerprint density at radius 1 is 1.35 bits per heavy atom. The zero-order valence-corrected chi connectivity index (χ0v) is 13.1. The van der Waals surface area contributed by atoms with Crippen molar-refractivity contribution in [1.82, 2.24) is 0 Å². The number of rotatable bonds is 3. The van der Waals surface area contributed by atoms with E-state index in [0.717, 1.165) is 0 Å². The first-order chi connectivity index (χ1) is 9.11. The number of esters is 1. The number of benzene rings is 1. The van der Waals surface area contributed by atoms with E-state index in [2.05, 4.69) is 0 Å². The third kappa shape index (κ3) is 3.12. The van der Waals surface area contributed by atoms with Gasteiger partial charge < -0.3 is 9.84 Å². The van der Waals surface area contributed by atoms with Crippen molar-refractivity contribution in [3.63, 3.8) is 0 Å². The molecule has 0 aliphatic carbocycles. The number of carboxylic acid groups (broad SMARTS) is 1. The minimum absolute atomic E-state index is 0.000116. The molecule has 0 heterocycles. The molecule has 5 heteroatoms. The van der Waals surface area contributed by atoms with Crippen molar-refractivity contribution in [3.05, 3.63) is 33.3 Å². The van der Waals surface area contributed by atoms with Gasteiger partial charge in [-0.15, -0.1) is 0 Å². The number of ether oxygens (including phenoxy) is 1. The fourth-order valence-corrected chi connectivity index (χ4v) is 2.48. The molecule has 1 aromatic rings. The van der Waals surface area contributed by atoms with E-state index in [9.17, 15) is 14.7 Å². The molecule has 0 fully saturated rings. The standard InChI is InChI=1S/C15H19ClO4/c1-6-20-14(19)9-7-10(16)8(2)12(15(3,4)5)11(9)13(17)18/h7H,6H2,1-5H3,(H,17,18). The summed E-state index contributed by atoms with van der Waals surface area (Å²) in [6.07, 6.45) is 0. The molecule has 0 aromatic heterocycles. The monoisotopic (exact) mass is 298 g/mol. The number of carbonyl (C=O) groups is 2. The Balaban J connectivity index is 3.74. The summed E-state index contributed by atoms with van der Waals surface area (Å²) in [6.45, 7) is 9.24. The van der Waals surface area contributed by atoms with Crippen molar-refractivity contribution in [2.75, 3.05) is 6.61 Å². The number of aromatic carboxylic acids is 1. The highest BCUT2D eigenvalue weighted by Crippen LogP contribution is 2.35. The first-order valence-electron chi connectivity index (χ1n) is 6.35. The Bertz CT molecular complexity index is 556. The van der Waals surface area contributed by atoms with Gasteiger partial charge in [-0.05, 0) is 36.5 Å². The van der Waals surface area contributed by atoms with Crippen LogP contribution >= 0.6 is 11.6 Å². The fraction of sp³-hybridized carbons (Fsp3) is 0.467. The normalized spacial score (nSPS) is 11.3. The zero-order valence-electron chi connectivity index (χ0n) is 12.3. The van der Waals surface area contributed by atoms with Crippen LogP contribution < -0.4 is 0 Å². The number of carbonyl (C=O) groups excluding carboxylic acids is 1. The van der Waals surface area contributed by atoms with Crippen LogP contribution in [-0.2, 0) is 10.2 Å². The van der Waals surface area contributed by atoms with Gasteiger partial charge in [-0.1, -0.05) is 32.4 Å². The van der Waals surface area contributed by atoms with Crippen LogP contribution in [0.15, 0.2) is 6.07 Å². The minimum atomic E-state index is -1.15. The van der Waals surface area contributed by atoms with Crippen LogP contribution in [-0.4, -0.2) is 23.7 Å². The summed E-state index contributed by atoms with van der Waals surface area (Å²) in [5.74, 6) is -1.82. The van der Waals surface area contributed by atoms with E-state index < -0.39 is 17.4 Å². The summed E-state index contributed by atoms with van der Waals surface area (Å²) in [7, 11) is 0. The molecule has 1 aromatic carbocycles. The number of carboxylic acids is 1. The summed E-state index contributed by atoms with van der Waals surface area (Å²) < 4.78 is 4.92. The first-order valence-corrected chi connectivity index (χ1v) is 6.73. The zero-order chi connectivity index (χ0) is 15.7. The molecule has 0 unspecified atom stereocenters. The lowest BCUT2D eigenvalue weighted by Gasteiger charge is -2.26. The Kier molecular flexibility index (Phi) is 4.81. The van der Waals surface area contributed by atoms with E-state index in [1.807, 2.05) is 20.8 Å². The molecule has 0 aliphatic rings. The van der Waals surface area contributed by atoms with Gasteiger partial charge in [0.25, 0.3) is 0 Å². The molecule has 20 heavy (non-hydrogen) atoms. The van der Waals surface area contributed by atoms with E-state index in [1.54, 1.807) is 13.8 Å². The SMILES string of the molecule is CCOC(=O)c1cc(Cl)c(C)c(C(C)(C)C)c1C(=O)O. The molecule has 1 rings (SSSR count). The molecule has 0 bridgehead atoms. The molecule has 0 saturated heterocycles. The van der Waals surface area contributed by atoms with Crippen LogP contribution in [0, 0.1) is 6.92 Å². The number of hydrogen-bond donors (Lipinski definition) is 1. The van der Waals surface area contributed by atoms with Gasteiger partial charge in [-0.2, -0.15) is 0 Å². The van der Waals surface area contributed by atoms with E-state index >= 15 is 0 Å². The number of hydrogen-bond acceptors (Lipinski definition) is 3. The van der Waals surface area contributed by atoms with Gasteiger partial charge in [-0.3, -0.25) is 0 Å². The van der Waals surface area contributed by atoms with Crippen molar-refractivity contribution >= 4 is 23.5 Å². The molecular formula is C15H19ClO4. The van der Waals surface area contributed by atoms with Gasteiger partial charge in [-0.25, -0.2) is 9.59 Å². The Morgan fingerprint density at radius 2 is 1.90 bits per heavy atom. The van der Waals surface area contributed by atoms with E-state index in [1.165, 1.54) is 6.07 Å². The number of halogens is 1.